The minimum atomic E-state index is 0.430. The second-order valence-corrected chi connectivity index (χ2v) is 5.10. The molecule has 0 bridgehead atoms. The highest BCUT2D eigenvalue weighted by Gasteiger charge is 2.10. The van der Waals surface area contributed by atoms with Gasteiger partial charge in [0.05, 0.1) is 5.52 Å². The van der Waals surface area contributed by atoms with E-state index in [0.717, 1.165) is 32.2 Å². The highest BCUT2D eigenvalue weighted by molar-refractivity contribution is 7.14. The number of rotatable bonds is 2. The quantitative estimate of drug-likeness (QED) is 0.765. The van der Waals surface area contributed by atoms with E-state index in [0.29, 0.717) is 6.54 Å². The standard InChI is InChI=1S/C13H12N4S/c1-8-6-10(13-17-16-12(7-14)18-13)9-4-2-3-5-11(9)15-8/h2-6H,7,14H2,1H3. The topological polar surface area (TPSA) is 64.7 Å². The Morgan fingerprint density at radius 2 is 2.06 bits per heavy atom. The molecule has 0 atom stereocenters. The van der Waals surface area contributed by atoms with Crippen molar-refractivity contribution in [2.75, 3.05) is 0 Å². The molecule has 0 radical (unpaired) electrons. The lowest BCUT2D eigenvalue weighted by molar-refractivity contribution is 0.960. The molecule has 0 unspecified atom stereocenters. The molecule has 2 aromatic heterocycles. The van der Waals surface area contributed by atoms with Crippen LogP contribution in [0.25, 0.3) is 21.5 Å². The van der Waals surface area contributed by atoms with Gasteiger partial charge in [-0.25, -0.2) is 0 Å². The Bertz CT molecular complexity index is 705. The minimum absolute atomic E-state index is 0.430. The van der Waals surface area contributed by atoms with E-state index in [-0.39, 0.29) is 0 Å². The largest absolute Gasteiger partial charge is 0.324 e. The second-order valence-electron chi connectivity index (χ2n) is 4.03. The zero-order chi connectivity index (χ0) is 12.5. The van der Waals surface area contributed by atoms with Crippen molar-refractivity contribution in [1.82, 2.24) is 15.2 Å². The normalized spacial score (nSPS) is 11.0. The van der Waals surface area contributed by atoms with E-state index in [1.807, 2.05) is 31.2 Å². The van der Waals surface area contributed by atoms with Crippen LogP contribution in [0.15, 0.2) is 30.3 Å². The predicted octanol–water partition coefficient (Wildman–Crippen LogP) is 2.52. The van der Waals surface area contributed by atoms with Crippen molar-refractivity contribution in [3.05, 3.63) is 41.0 Å². The first kappa shape index (κ1) is 11.3. The van der Waals surface area contributed by atoms with Crippen molar-refractivity contribution < 1.29 is 0 Å². The van der Waals surface area contributed by atoms with Gasteiger partial charge in [-0.15, -0.1) is 10.2 Å². The van der Waals surface area contributed by atoms with Gasteiger partial charge in [-0.05, 0) is 19.1 Å². The van der Waals surface area contributed by atoms with Gasteiger partial charge in [0.15, 0.2) is 0 Å². The van der Waals surface area contributed by atoms with E-state index < -0.39 is 0 Å². The molecule has 1 aromatic carbocycles. The average Bonchev–Trinajstić information content (AvgIpc) is 2.86. The lowest BCUT2D eigenvalue weighted by Crippen LogP contribution is -1.94. The summed E-state index contributed by atoms with van der Waals surface area (Å²) in [4.78, 5) is 4.52. The van der Waals surface area contributed by atoms with Gasteiger partial charge in [-0.3, -0.25) is 4.98 Å². The van der Waals surface area contributed by atoms with Gasteiger partial charge < -0.3 is 5.73 Å². The van der Waals surface area contributed by atoms with Gasteiger partial charge in [0.1, 0.15) is 10.0 Å². The zero-order valence-electron chi connectivity index (χ0n) is 9.92. The van der Waals surface area contributed by atoms with Gasteiger partial charge in [0, 0.05) is 23.2 Å². The molecule has 2 N–H and O–H groups in total. The van der Waals surface area contributed by atoms with E-state index in [1.54, 1.807) is 0 Å². The molecule has 0 aliphatic heterocycles. The number of nitrogens with two attached hydrogens (primary N) is 1. The molecule has 5 heteroatoms. The third-order valence-electron chi connectivity index (χ3n) is 2.72. The van der Waals surface area contributed by atoms with Crippen LogP contribution in [0.2, 0.25) is 0 Å². The van der Waals surface area contributed by atoms with Gasteiger partial charge in [-0.1, -0.05) is 29.5 Å². The SMILES string of the molecule is Cc1cc(-c2nnc(CN)s2)c2ccccc2n1. The van der Waals surface area contributed by atoms with Crippen molar-refractivity contribution >= 4 is 22.2 Å². The molecule has 3 aromatic rings. The van der Waals surface area contributed by atoms with Crippen LogP contribution in [0.1, 0.15) is 10.7 Å². The summed E-state index contributed by atoms with van der Waals surface area (Å²) in [5, 5.41) is 11.1. The van der Waals surface area contributed by atoms with Crippen LogP contribution in [0.4, 0.5) is 0 Å². The maximum Gasteiger partial charge on any atom is 0.148 e. The first-order valence-corrected chi connectivity index (χ1v) is 6.49. The highest BCUT2D eigenvalue weighted by atomic mass is 32.1. The molecule has 0 amide bonds. The van der Waals surface area contributed by atoms with Crippen LogP contribution >= 0.6 is 11.3 Å². The zero-order valence-corrected chi connectivity index (χ0v) is 10.7. The molecule has 0 fully saturated rings. The van der Waals surface area contributed by atoms with Gasteiger partial charge >= 0.3 is 0 Å². The molecule has 4 nitrogen and oxygen atoms in total. The number of fused-ring (bicyclic) bond motifs is 1. The van der Waals surface area contributed by atoms with Crippen molar-refractivity contribution in [3.63, 3.8) is 0 Å². The summed E-state index contributed by atoms with van der Waals surface area (Å²) in [6, 6.07) is 10.1. The number of aryl methyl sites for hydroxylation is 1. The second kappa shape index (κ2) is 4.44. The Labute approximate surface area is 109 Å². The first-order chi connectivity index (χ1) is 8.78. The molecule has 90 valence electrons. The molecule has 0 aliphatic rings. The molecule has 0 aliphatic carbocycles. The maximum atomic E-state index is 5.58. The Hall–Kier alpha value is -1.85. The smallest absolute Gasteiger partial charge is 0.148 e. The van der Waals surface area contributed by atoms with Gasteiger partial charge in [-0.2, -0.15) is 0 Å². The monoisotopic (exact) mass is 256 g/mol. The summed E-state index contributed by atoms with van der Waals surface area (Å²) >= 11 is 1.53. The van der Waals surface area contributed by atoms with E-state index in [1.165, 1.54) is 11.3 Å². The molecule has 0 spiro atoms. The molecular weight excluding hydrogens is 244 g/mol. The number of nitrogens with zero attached hydrogens (tertiary/aromatic N) is 3. The fraction of sp³-hybridized carbons (Fsp3) is 0.154. The molecule has 18 heavy (non-hydrogen) atoms. The maximum absolute atomic E-state index is 5.58. The summed E-state index contributed by atoms with van der Waals surface area (Å²) in [6.07, 6.45) is 0. The third-order valence-corrected chi connectivity index (χ3v) is 3.69. The molecule has 3 rings (SSSR count). The minimum Gasteiger partial charge on any atom is -0.324 e. The molecule has 0 saturated heterocycles. The van der Waals surface area contributed by atoms with Gasteiger partial charge in [0.2, 0.25) is 0 Å². The number of aromatic nitrogens is 3. The summed E-state index contributed by atoms with van der Waals surface area (Å²) in [5.74, 6) is 0. The van der Waals surface area contributed by atoms with Crippen LogP contribution in [0.5, 0.6) is 0 Å². The van der Waals surface area contributed by atoms with Crippen LogP contribution in [0, 0.1) is 6.92 Å². The van der Waals surface area contributed by atoms with Crippen molar-refractivity contribution in [2.24, 2.45) is 5.73 Å². The Morgan fingerprint density at radius 1 is 1.22 bits per heavy atom. The average molecular weight is 256 g/mol. The molecular formula is C13H12N4S. The fourth-order valence-electron chi connectivity index (χ4n) is 1.93. The Balaban J connectivity index is 2.27. The Morgan fingerprint density at radius 3 is 2.83 bits per heavy atom. The fourth-order valence-corrected chi connectivity index (χ4v) is 2.68. The first-order valence-electron chi connectivity index (χ1n) is 5.67. The van der Waals surface area contributed by atoms with Gasteiger partial charge in [0.25, 0.3) is 0 Å². The number of pyridine rings is 1. The predicted molar refractivity (Wildman–Crippen MR) is 73.3 cm³/mol. The number of hydrogen-bond donors (Lipinski definition) is 1. The lowest BCUT2D eigenvalue weighted by atomic mass is 10.1. The van der Waals surface area contributed by atoms with Crippen LogP contribution < -0.4 is 5.73 Å². The third kappa shape index (κ3) is 1.87. The Kier molecular flexibility index (Phi) is 2.77. The van der Waals surface area contributed by atoms with E-state index in [2.05, 4.69) is 21.2 Å². The summed E-state index contributed by atoms with van der Waals surface area (Å²) < 4.78 is 0. The van der Waals surface area contributed by atoms with E-state index in [4.69, 9.17) is 5.73 Å². The van der Waals surface area contributed by atoms with Crippen molar-refractivity contribution in [2.45, 2.75) is 13.5 Å². The summed E-state index contributed by atoms with van der Waals surface area (Å²) in [5.41, 5.74) is 8.62. The van der Waals surface area contributed by atoms with Crippen LogP contribution in [0.3, 0.4) is 0 Å². The van der Waals surface area contributed by atoms with E-state index in [9.17, 15) is 0 Å². The van der Waals surface area contributed by atoms with E-state index >= 15 is 0 Å². The molecule has 0 saturated carbocycles. The molecule has 2 heterocycles. The number of para-hydroxylation sites is 1. The van der Waals surface area contributed by atoms with Crippen LogP contribution in [-0.2, 0) is 6.54 Å². The lowest BCUT2D eigenvalue weighted by Gasteiger charge is -2.04. The van der Waals surface area contributed by atoms with Crippen LogP contribution in [-0.4, -0.2) is 15.2 Å². The number of benzene rings is 1. The summed E-state index contributed by atoms with van der Waals surface area (Å²) in [6.45, 7) is 2.42. The van der Waals surface area contributed by atoms with Crippen molar-refractivity contribution in [3.8, 4) is 10.6 Å². The van der Waals surface area contributed by atoms with Crippen molar-refractivity contribution in [1.29, 1.82) is 0 Å². The number of hydrogen-bond acceptors (Lipinski definition) is 5. The highest BCUT2D eigenvalue weighted by Crippen LogP contribution is 2.30. The summed E-state index contributed by atoms with van der Waals surface area (Å²) in [7, 11) is 0.